The summed E-state index contributed by atoms with van der Waals surface area (Å²) in [6, 6.07) is 15.9. The van der Waals surface area contributed by atoms with Crippen molar-refractivity contribution in [3.05, 3.63) is 70.7 Å². The van der Waals surface area contributed by atoms with Crippen LogP contribution in [0.15, 0.2) is 54.6 Å². The number of benzene rings is 2. The molecule has 8 heteroatoms. The summed E-state index contributed by atoms with van der Waals surface area (Å²) in [5.41, 5.74) is -0.201. The highest BCUT2D eigenvalue weighted by Gasteiger charge is 2.54. The lowest BCUT2D eigenvalue weighted by Crippen LogP contribution is -2.44. The highest BCUT2D eigenvalue weighted by molar-refractivity contribution is 6.32. The Morgan fingerprint density at radius 2 is 1.73 bits per heavy atom. The number of carbonyl (C=O) groups is 3. The molecule has 2 atom stereocenters. The van der Waals surface area contributed by atoms with E-state index in [4.69, 9.17) is 11.6 Å². The molecule has 7 nitrogen and oxygen atoms in total. The molecule has 1 aliphatic heterocycles. The Balaban J connectivity index is 1.87. The molecule has 1 N–H and O–H groups in total. The van der Waals surface area contributed by atoms with Gasteiger partial charge < -0.3 is 14.9 Å². The van der Waals surface area contributed by atoms with Gasteiger partial charge in [-0.15, -0.1) is 0 Å². The van der Waals surface area contributed by atoms with Gasteiger partial charge in [0, 0.05) is 38.0 Å². The third kappa shape index (κ3) is 5.43. The first-order valence-electron chi connectivity index (χ1n) is 10.9. The third-order valence-corrected chi connectivity index (χ3v) is 6.41. The maximum atomic E-state index is 13.6. The molecule has 1 aliphatic rings. The van der Waals surface area contributed by atoms with Crippen molar-refractivity contribution in [2.75, 3.05) is 40.8 Å². The summed E-state index contributed by atoms with van der Waals surface area (Å²) in [4.78, 5) is 44.3. The second-order valence-electron chi connectivity index (χ2n) is 8.77. The van der Waals surface area contributed by atoms with E-state index in [2.05, 4.69) is 0 Å². The number of halogens is 1. The summed E-state index contributed by atoms with van der Waals surface area (Å²) in [5.74, 6) is -1.07. The van der Waals surface area contributed by atoms with Crippen LogP contribution >= 0.6 is 11.6 Å². The molecular weight excluding hydrogens is 442 g/mol. The highest BCUT2D eigenvalue weighted by Crippen LogP contribution is 2.43. The van der Waals surface area contributed by atoms with E-state index in [9.17, 15) is 19.5 Å². The summed E-state index contributed by atoms with van der Waals surface area (Å²) >= 11 is 6.45. The Morgan fingerprint density at radius 1 is 1.09 bits per heavy atom. The Hall–Kier alpha value is -2.74. The van der Waals surface area contributed by atoms with Crippen molar-refractivity contribution in [2.45, 2.75) is 24.4 Å². The fraction of sp³-hybridized carbons (Fsp3) is 0.400. The normalized spacial score (nSPS) is 19.3. The Labute approximate surface area is 199 Å². The molecule has 1 heterocycles. The Kier molecular flexibility index (Phi) is 7.89. The first-order valence-corrected chi connectivity index (χ1v) is 11.2. The van der Waals surface area contributed by atoms with Crippen LogP contribution < -0.4 is 0 Å². The zero-order valence-corrected chi connectivity index (χ0v) is 20.0. The largest absolute Gasteiger partial charge is 0.387 e. The van der Waals surface area contributed by atoms with Gasteiger partial charge in [0.25, 0.3) is 0 Å². The molecular formula is C25H30ClN3O4. The minimum atomic E-state index is -1.37. The smallest absolute Gasteiger partial charge is 0.240 e. The zero-order chi connectivity index (χ0) is 24.2. The standard InChI is InChI=1S/C25H30ClN3O4/c1-27(2)13-14-29-23(32)16-25(24(29)33,19-11-7-8-12-20(19)26)15-22(31)28(3)17-21(30)18-9-5-4-6-10-18/h4-12,21,30H,13-17H2,1-3H3. The monoisotopic (exact) mass is 471 g/mol. The van der Waals surface area contributed by atoms with Gasteiger partial charge in [-0.25, -0.2) is 0 Å². The van der Waals surface area contributed by atoms with Crippen LogP contribution in [0.5, 0.6) is 0 Å². The molecule has 2 aromatic rings. The maximum Gasteiger partial charge on any atom is 0.240 e. The van der Waals surface area contributed by atoms with Crippen molar-refractivity contribution >= 4 is 29.3 Å². The van der Waals surface area contributed by atoms with Crippen LogP contribution in [0, 0.1) is 0 Å². The van der Waals surface area contributed by atoms with E-state index in [1.165, 1.54) is 9.80 Å². The van der Waals surface area contributed by atoms with Gasteiger partial charge in [0.1, 0.15) is 0 Å². The minimum Gasteiger partial charge on any atom is -0.387 e. The summed E-state index contributed by atoms with van der Waals surface area (Å²) < 4.78 is 0. The van der Waals surface area contributed by atoms with Crippen molar-refractivity contribution < 1.29 is 19.5 Å². The number of hydrogen-bond donors (Lipinski definition) is 1. The minimum absolute atomic E-state index is 0.0634. The molecule has 0 saturated carbocycles. The van der Waals surface area contributed by atoms with E-state index in [0.717, 1.165) is 0 Å². The van der Waals surface area contributed by atoms with Crippen LogP contribution in [-0.4, -0.2) is 78.3 Å². The second-order valence-corrected chi connectivity index (χ2v) is 9.18. The van der Waals surface area contributed by atoms with Crippen molar-refractivity contribution in [3.63, 3.8) is 0 Å². The lowest BCUT2D eigenvalue weighted by molar-refractivity contribution is -0.142. The molecule has 0 radical (unpaired) electrons. The van der Waals surface area contributed by atoms with E-state index >= 15 is 0 Å². The predicted molar refractivity (Wildman–Crippen MR) is 127 cm³/mol. The summed E-state index contributed by atoms with van der Waals surface area (Å²) in [7, 11) is 5.31. The first kappa shape index (κ1) is 24.9. The van der Waals surface area contributed by atoms with Crippen LogP contribution in [0.4, 0.5) is 0 Å². The van der Waals surface area contributed by atoms with E-state index in [0.29, 0.717) is 22.7 Å². The molecule has 1 fully saturated rings. The van der Waals surface area contributed by atoms with Crippen LogP contribution in [0.1, 0.15) is 30.1 Å². The van der Waals surface area contributed by atoms with E-state index < -0.39 is 17.4 Å². The number of likely N-dealkylation sites (tertiary alicyclic amines) is 1. The molecule has 0 spiro atoms. The second kappa shape index (κ2) is 10.5. The van der Waals surface area contributed by atoms with Gasteiger partial charge in [0.2, 0.25) is 17.7 Å². The molecule has 3 amide bonds. The number of aliphatic hydroxyl groups is 1. The lowest BCUT2D eigenvalue weighted by Gasteiger charge is -2.30. The summed E-state index contributed by atoms with van der Waals surface area (Å²) in [6.07, 6.45) is -1.20. The number of amides is 3. The van der Waals surface area contributed by atoms with Crippen LogP contribution in [-0.2, 0) is 19.8 Å². The van der Waals surface area contributed by atoms with E-state index in [1.807, 2.05) is 37.2 Å². The van der Waals surface area contributed by atoms with Crippen molar-refractivity contribution in [1.82, 2.24) is 14.7 Å². The number of imide groups is 1. The SMILES string of the molecule is CN(C)CCN1C(=O)CC(CC(=O)N(C)CC(O)c2ccccc2)(c2ccccc2Cl)C1=O. The predicted octanol–water partition coefficient (Wildman–Crippen LogP) is 2.48. The number of carbonyl (C=O) groups excluding carboxylic acids is 3. The fourth-order valence-corrected chi connectivity index (χ4v) is 4.47. The topological polar surface area (TPSA) is 81.2 Å². The number of hydrogen-bond acceptors (Lipinski definition) is 5. The number of rotatable bonds is 9. The van der Waals surface area contributed by atoms with E-state index in [1.54, 1.807) is 43.4 Å². The molecule has 0 aliphatic carbocycles. The average Bonchev–Trinajstić information content (AvgIpc) is 3.02. The van der Waals surface area contributed by atoms with Gasteiger partial charge in [0.15, 0.2) is 0 Å². The van der Waals surface area contributed by atoms with Gasteiger partial charge in [-0.3, -0.25) is 19.3 Å². The maximum absolute atomic E-state index is 13.6. The fourth-order valence-electron chi connectivity index (χ4n) is 4.16. The van der Waals surface area contributed by atoms with Gasteiger partial charge >= 0.3 is 0 Å². The molecule has 2 aromatic carbocycles. The summed E-state index contributed by atoms with van der Waals surface area (Å²) in [6.45, 7) is 0.828. The van der Waals surface area contributed by atoms with Crippen molar-refractivity contribution in [2.24, 2.45) is 0 Å². The lowest BCUT2D eigenvalue weighted by atomic mass is 9.75. The van der Waals surface area contributed by atoms with Crippen LogP contribution in [0.3, 0.4) is 0 Å². The zero-order valence-electron chi connectivity index (χ0n) is 19.2. The number of nitrogens with zero attached hydrogens (tertiary/aromatic N) is 3. The Bertz CT molecular complexity index is 1010. The Morgan fingerprint density at radius 3 is 2.36 bits per heavy atom. The average molecular weight is 472 g/mol. The quantitative estimate of drug-likeness (QED) is 0.568. The van der Waals surface area contributed by atoms with Crippen LogP contribution in [0.2, 0.25) is 5.02 Å². The highest BCUT2D eigenvalue weighted by atomic mass is 35.5. The summed E-state index contributed by atoms with van der Waals surface area (Å²) in [5, 5.41) is 10.9. The molecule has 0 bridgehead atoms. The number of aliphatic hydroxyl groups excluding tert-OH is 1. The molecule has 1 saturated heterocycles. The van der Waals surface area contributed by atoms with Gasteiger partial charge in [0.05, 0.1) is 18.1 Å². The van der Waals surface area contributed by atoms with Crippen LogP contribution in [0.25, 0.3) is 0 Å². The number of likely N-dealkylation sites (N-methyl/N-ethyl adjacent to an activating group) is 2. The third-order valence-electron chi connectivity index (χ3n) is 6.08. The van der Waals surface area contributed by atoms with Gasteiger partial charge in [-0.2, -0.15) is 0 Å². The van der Waals surface area contributed by atoms with Crippen molar-refractivity contribution in [1.29, 1.82) is 0 Å². The molecule has 3 rings (SSSR count). The first-order chi connectivity index (χ1) is 15.7. The molecule has 33 heavy (non-hydrogen) atoms. The van der Waals surface area contributed by atoms with E-state index in [-0.39, 0.29) is 37.7 Å². The molecule has 176 valence electrons. The van der Waals surface area contributed by atoms with Gasteiger partial charge in [-0.1, -0.05) is 60.1 Å². The molecule has 0 aromatic heterocycles. The van der Waals surface area contributed by atoms with Gasteiger partial charge in [-0.05, 0) is 31.3 Å². The van der Waals surface area contributed by atoms with Crippen molar-refractivity contribution in [3.8, 4) is 0 Å². The molecule has 2 unspecified atom stereocenters.